The van der Waals surface area contributed by atoms with Crippen molar-refractivity contribution in [1.82, 2.24) is 19.8 Å². The normalized spacial score (nSPS) is 19.4. The number of ether oxygens (including phenoxy) is 1. The lowest BCUT2D eigenvalue weighted by Gasteiger charge is -2.34. The number of carbonyl (C=O) groups excluding carboxylic acids is 7. The second-order valence-corrected chi connectivity index (χ2v) is 23.8. The average Bonchev–Trinajstić information content (AvgIpc) is 4.18. The van der Waals surface area contributed by atoms with Crippen molar-refractivity contribution in [3.63, 3.8) is 0 Å². The molecule has 0 unspecified atom stereocenters. The number of carboxylic acid groups (broad SMARTS) is 1. The molecule has 4 aromatic rings. The number of aromatic nitrogens is 2. The number of ketones is 3. The topological polar surface area (TPSA) is 265 Å². The predicted molar refractivity (Wildman–Crippen MR) is 290 cm³/mol. The molecule has 76 heavy (non-hydrogen) atoms. The van der Waals surface area contributed by atoms with Crippen LogP contribution in [0.3, 0.4) is 0 Å². The number of aliphatic hydroxyl groups is 2. The first-order chi connectivity index (χ1) is 35.7. The van der Waals surface area contributed by atoms with Crippen molar-refractivity contribution in [2.45, 2.75) is 169 Å². The van der Waals surface area contributed by atoms with Gasteiger partial charge >= 0.3 is 17.9 Å². The van der Waals surface area contributed by atoms with Crippen molar-refractivity contribution in [3.8, 4) is 20.9 Å². The molecule has 17 nitrogen and oxygen atoms in total. The Balaban J connectivity index is 0.000000249. The van der Waals surface area contributed by atoms with Crippen LogP contribution in [0.15, 0.2) is 59.6 Å². The number of Topliss-reactive ketones (excluding diaryl/α,β-unsaturated/α-hetero) is 3. The SMILES string of the molecule is Cc1ncsc1-c1ccc(CCC(=O)[C@@H]2C[C@@H](O)CN2C(=O)[C@@H](CC(=O)CCCC(=O)O)C(C)(C)C)cc1.Cc1ncsc1-c1ccc(CCC(=O)[C@@H]2C[C@@H](O)CN2C(=O)[C@@H](N)C(C)(C)C)cc1.O=C1CCCC(=O)O1. The van der Waals surface area contributed by atoms with Gasteiger partial charge in [0.05, 0.1) is 62.5 Å². The lowest BCUT2D eigenvalue weighted by atomic mass is 9.76. The molecular weight excluding hydrogens is 1010 g/mol. The van der Waals surface area contributed by atoms with Crippen LogP contribution in [0.2, 0.25) is 0 Å². The molecule has 3 aliphatic heterocycles. The fraction of sp³-hybridized carbons (Fsp3) is 0.544. The maximum absolute atomic E-state index is 13.6. The Morgan fingerprint density at radius 1 is 0.671 bits per heavy atom. The van der Waals surface area contributed by atoms with Gasteiger partial charge in [0, 0.05) is 76.8 Å². The first-order valence-electron chi connectivity index (χ1n) is 26.0. The number of benzene rings is 2. The van der Waals surface area contributed by atoms with Crippen LogP contribution in [0, 0.1) is 30.6 Å². The van der Waals surface area contributed by atoms with E-state index in [1.807, 2.05) is 103 Å². The first-order valence-corrected chi connectivity index (χ1v) is 27.7. The Bertz CT molecular complexity index is 2650. The molecule has 3 aliphatic rings. The quantitative estimate of drug-likeness (QED) is 0.0551. The van der Waals surface area contributed by atoms with E-state index in [0.29, 0.717) is 38.5 Å². The zero-order valence-corrected chi connectivity index (χ0v) is 46.7. The summed E-state index contributed by atoms with van der Waals surface area (Å²) in [6.07, 6.45) is 2.35. The molecule has 5 N–H and O–H groups in total. The van der Waals surface area contributed by atoms with Gasteiger partial charge in [0.25, 0.3) is 0 Å². The second-order valence-electron chi connectivity index (χ2n) is 22.1. The van der Waals surface area contributed by atoms with Crippen molar-refractivity contribution in [3.05, 3.63) is 82.1 Å². The molecule has 2 aromatic heterocycles. The molecule has 2 aromatic carbocycles. The highest BCUT2D eigenvalue weighted by atomic mass is 32.1. The van der Waals surface area contributed by atoms with Gasteiger partial charge in [-0.25, -0.2) is 9.97 Å². The van der Waals surface area contributed by atoms with E-state index in [4.69, 9.17) is 10.8 Å². The van der Waals surface area contributed by atoms with Crippen molar-refractivity contribution in [1.29, 1.82) is 0 Å². The monoisotopic (exact) mass is 1090 g/mol. The molecule has 5 heterocycles. The first kappa shape index (κ1) is 61.0. The summed E-state index contributed by atoms with van der Waals surface area (Å²) in [7, 11) is 0. The highest BCUT2D eigenvalue weighted by Crippen LogP contribution is 2.35. The fourth-order valence-electron chi connectivity index (χ4n) is 9.28. The Morgan fingerprint density at radius 3 is 1.46 bits per heavy atom. The van der Waals surface area contributed by atoms with E-state index in [9.17, 15) is 48.6 Å². The lowest BCUT2D eigenvalue weighted by molar-refractivity contribution is -0.163. The third-order valence-electron chi connectivity index (χ3n) is 13.9. The zero-order valence-electron chi connectivity index (χ0n) is 45.0. The van der Waals surface area contributed by atoms with E-state index >= 15 is 0 Å². The van der Waals surface area contributed by atoms with Gasteiger partial charge in [-0.05, 0) is 72.6 Å². The van der Waals surface area contributed by atoms with Gasteiger partial charge in [0.15, 0.2) is 11.6 Å². The van der Waals surface area contributed by atoms with Crippen molar-refractivity contribution in [2.75, 3.05) is 13.1 Å². The summed E-state index contributed by atoms with van der Waals surface area (Å²) in [4.78, 5) is 110. The highest BCUT2D eigenvalue weighted by molar-refractivity contribution is 7.13. The van der Waals surface area contributed by atoms with Crippen LogP contribution >= 0.6 is 22.7 Å². The number of hydrogen-bond acceptors (Lipinski definition) is 16. The number of nitrogens with zero attached hydrogens (tertiary/aromatic N) is 4. The van der Waals surface area contributed by atoms with Crippen LogP contribution in [0.4, 0.5) is 0 Å². The summed E-state index contributed by atoms with van der Waals surface area (Å²) < 4.78 is 4.21. The van der Waals surface area contributed by atoms with Crippen LogP contribution in [0.5, 0.6) is 0 Å². The molecule has 412 valence electrons. The Labute approximate surface area is 453 Å². The van der Waals surface area contributed by atoms with Crippen molar-refractivity contribution >= 4 is 69.7 Å². The summed E-state index contributed by atoms with van der Waals surface area (Å²) >= 11 is 3.20. The van der Waals surface area contributed by atoms with Crippen LogP contribution in [0.25, 0.3) is 20.9 Å². The summed E-state index contributed by atoms with van der Waals surface area (Å²) in [5.74, 6) is -3.25. The fourth-order valence-corrected chi connectivity index (χ4v) is 10.9. The van der Waals surface area contributed by atoms with Crippen LogP contribution in [0.1, 0.15) is 135 Å². The number of thiazole rings is 2. The largest absolute Gasteiger partial charge is 0.481 e. The molecule has 0 spiro atoms. The van der Waals surface area contributed by atoms with Gasteiger partial charge in [0.1, 0.15) is 5.78 Å². The second kappa shape index (κ2) is 27.5. The third-order valence-corrected chi connectivity index (χ3v) is 15.9. The third kappa shape index (κ3) is 17.6. The van der Waals surface area contributed by atoms with Gasteiger partial charge in [-0.3, -0.25) is 38.4 Å². The zero-order chi connectivity index (χ0) is 56.1. The minimum absolute atomic E-state index is 0.0129. The lowest BCUT2D eigenvalue weighted by Crippen LogP contribution is -2.53. The number of β-amino-alcohol motifs (C(OH)–C–C–N with tert-alkyl or cyclic N) is 2. The molecule has 0 bridgehead atoms. The molecule has 3 saturated heterocycles. The summed E-state index contributed by atoms with van der Waals surface area (Å²) in [5.41, 5.74) is 15.1. The van der Waals surface area contributed by atoms with E-state index in [1.165, 1.54) is 9.80 Å². The number of esters is 2. The number of aryl methyl sites for hydroxylation is 4. The number of carboxylic acids is 1. The van der Waals surface area contributed by atoms with Crippen molar-refractivity contribution < 1.29 is 58.4 Å². The minimum Gasteiger partial charge on any atom is -0.481 e. The Hall–Kier alpha value is -5.86. The molecule has 6 atom stereocenters. The number of aliphatic carboxylic acids is 1. The van der Waals surface area contributed by atoms with Gasteiger partial charge in [0.2, 0.25) is 11.8 Å². The van der Waals surface area contributed by atoms with E-state index < -0.39 is 53.1 Å². The standard InChI is InChI=1S/C29H38N2O6S.C23H31N3O3S.C5H6O3/c1-18-27(38-17-30-18)20-11-8-19(9-12-20)10-13-25(34)24-15-22(33)16-31(24)28(37)23(29(2,3)4)14-21(32)6-5-7-26(35)36;1-14-20(30-13-25-14)16-8-5-15(6-9-16)7-10-19(28)18-11-17(27)12-26(18)22(29)21(24)23(2,3)4;6-4-2-1-3-5(7)8-4/h8-9,11-12,17,22-24,33H,5-7,10,13-16H2,1-4H3,(H,35,36);5-6,8-9,13,17-18,21,27H,7,10-12,24H2,1-4H3;1-3H2/t22-,23-,24+;17-,18+,21-;/m11./s1. The number of cyclic esters (lactones) is 2. The predicted octanol–water partition coefficient (Wildman–Crippen LogP) is 7.65. The minimum atomic E-state index is -0.959. The molecular formula is C57H75N5O12S2. The molecule has 0 aliphatic carbocycles. The van der Waals surface area contributed by atoms with Gasteiger partial charge < -0.3 is 35.6 Å². The smallest absolute Gasteiger partial charge is 0.313 e. The molecule has 0 radical (unpaired) electrons. The van der Waals surface area contributed by atoms with Gasteiger partial charge in [-0.15, -0.1) is 22.7 Å². The van der Waals surface area contributed by atoms with E-state index in [2.05, 4.69) is 26.8 Å². The number of carbonyl (C=O) groups is 8. The van der Waals surface area contributed by atoms with E-state index in [-0.39, 0.29) is 99.1 Å². The summed E-state index contributed by atoms with van der Waals surface area (Å²) in [6, 6.07) is 14.2. The average molecular weight is 1090 g/mol. The van der Waals surface area contributed by atoms with E-state index in [0.717, 1.165) is 43.4 Å². The number of likely N-dealkylation sites (tertiary alicyclic amines) is 2. The Morgan fingerprint density at radius 2 is 1.11 bits per heavy atom. The molecule has 0 saturated carbocycles. The molecule has 7 rings (SSSR count). The summed E-state index contributed by atoms with van der Waals surface area (Å²) in [5, 5.41) is 29.3. The van der Waals surface area contributed by atoms with Gasteiger partial charge in [-0.1, -0.05) is 90.1 Å². The maximum Gasteiger partial charge on any atom is 0.313 e. The maximum atomic E-state index is 13.6. The molecule has 3 fully saturated rings. The number of nitrogens with two attached hydrogens (primary N) is 1. The van der Waals surface area contributed by atoms with Crippen LogP contribution in [-0.2, 0) is 55.9 Å². The number of hydrogen-bond donors (Lipinski definition) is 4. The van der Waals surface area contributed by atoms with Crippen molar-refractivity contribution in [2.24, 2.45) is 22.5 Å². The highest BCUT2D eigenvalue weighted by Gasteiger charge is 2.45. The van der Waals surface area contributed by atoms with Crippen LogP contribution < -0.4 is 5.73 Å². The summed E-state index contributed by atoms with van der Waals surface area (Å²) in [6.45, 7) is 15.5. The Kier molecular flexibility index (Phi) is 22.0. The van der Waals surface area contributed by atoms with E-state index in [1.54, 1.807) is 22.7 Å². The number of rotatable bonds is 18. The molecule has 19 heteroatoms. The number of aliphatic hydroxyl groups excluding tert-OH is 2. The van der Waals surface area contributed by atoms with Crippen LogP contribution in [-0.4, -0.2) is 126 Å². The number of amides is 2. The van der Waals surface area contributed by atoms with Gasteiger partial charge in [-0.2, -0.15) is 0 Å². The molecule has 2 amide bonds.